The Bertz CT molecular complexity index is 297. The average Bonchev–Trinajstić information content (AvgIpc) is 2.15. The third-order valence-electron chi connectivity index (χ3n) is 1.60. The first-order chi connectivity index (χ1) is 5.84. The molecule has 0 fully saturated rings. The van der Waals surface area contributed by atoms with Crippen LogP contribution >= 0.6 is 0 Å². The zero-order valence-electron chi connectivity index (χ0n) is 7.46. The molecule has 1 N–H and O–H groups in total. The predicted molar refractivity (Wildman–Crippen MR) is 52.4 cm³/mol. The summed E-state index contributed by atoms with van der Waals surface area (Å²) in [5.41, 5.74) is 5.36. The van der Waals surface area contributed by atoms with Crippen molar-refractivity contribution in [1.82, 2.24) is 5.32 Å². The highest BCUT2D eigenvalue weighted by molar-refractivity contribution is 5.35. The summed E-state index contributed by atoms with van der Waals surface area (Å²) in [6, 6.07) is 0. The maximum Gasteiger partial charge on any atom is 0.0415 e. The summed E-state index contributed by atoms with van der Waals surface area (Å²) in [5, 5.41) is 3.15. The fourth-order valence-corrected chi connectivity index (χ4v) is 0.925. The van der Waals surface area contributed by atoms with Gasteiger partial charge in [0.1, 0.15) is 0 Å². The summed E-state index contributed by atoms with van der Waals surface area (Å²) in [7, 11) is 0. The first kappa shape index (κ1) is 8.63. The molecule has 0 aliphatic carbocycles. The molecule has 0 aromatic rings. The Balaban J connectivity index is 2.84. The van der Waals surface area contributed by atoms with E-state index in [4.69, 9.17) is 0 Å². The predicted octanol–water partition coefficient (Wildman–Crippen LogP) is 2.66. The molecule has 0 saturated heterocycles. The number of nitrogens with one attached hydrogen (secondary N) is 1. The van der Waals surface area contributed by atoms with Crippen molar-refractivity contribution in [2.75, 3.05) is 0 Å². The van der Waals surface area contributed by atoms with Gasteiger partial charge >= 0.3 is 0 Å². The maximum atomic E-state index is 3.15. The topological polar surface area (TPSA) is 12.0 Å². The van der Waals surface area contributed by atoms with Crippen molar-refractivity contribution in [3.8, 4) is 0 Å². The van der Waals surface area contributed by atoms with E-state index >= 15 is 0 Å². The zero-order valence-corrected chi connectivity index (χ0v) is 7.46. The largest absolute Gasteiger partial charge is 0.361 e. The van der Waals surface area contributed by atoms with Gasteiger partial charge in [-0.1, -0.05) is 6.08 Å². The quantitative estimate of drug-likeness (QED) is 0.580. The Labute approximate surface area is 73.5 Å². The molecule has 1 rings (SSSR count). The zero-order chi connectivity index (χ0) is 8.81. The van der Waals surface area contributed by atoms with Crippen LogP contribution in [0.25, 0.3) is 0 Å². The molecule has 1 nitrogen and oxygen atoms in total. The number of hydrogen-bond acceptors (Lipinski definition) is 1. The maximum absolute atomic E-state index is 3.15. The molecular formula is C11H13N. The fraction of sp³-hybridized carbons (Fsp3) is 0.182. The average molecular weight is 159 g/mol. The van der Waals surface area contributed by atoms with E-state index in [0.29, 0.717) is 0 Å². The van der Waals surface area contributed by atoms with Crippen molar-refractivity contribution in [1.29, 1.82) is 0 Å². The van der Waals surface area contributed by atoms with Gasteiger partial charge in [0.25, 0.3) is 0 Å². The van der Waals surface area contributed by atoms with Crippen molar-refractivity contribution in [3.05, 3.63) is 53.6 Å². The van der Waals surface area contributed by atoms with Crippen LogP contribution in [-0.4, -0.2) is 0 Å². The van der Waals surface area contributed by atoms with Gasteiger partial charge in [-0.3, -0.25) is 0 Å². The SMILES string of the molecule is CC=C=C/C(C)=C1/C=CC=CN1. The molecule has 0 saturated carbocycles. The Hall–Kier alpha value is -1.46. The van der Waals surface area contributed by atoms with Crippen LogP contribution in [0.2, 0.25) is 0 Å². The molecular weight excluding hydrogens is 146 g/mol. The molecule has 62 valence electrons. The summed E-state index contributed by atoms with van der Waals surface area (Å²) in [6.07, 6.45) is 11.8. The molecule has 1 heteroatoms. The lowest BCUT2D eigenvalue weighted by molar-refractivity contribution is 1.07. The van der Waals surface area contributed by atoms with Gasteiger partial charge in [0.15, 0.2) is 0 Å². The normalized spacial score (nSPS) is 17.8. The van der Waals surface area contributed by atoms with Crippen molar-refractivity contribution in [2.45, 2.75) is 13.8 Å². The third-order valence-corrected chi connectivity index (χ3v) is 1.60. The van der Waals surface area contributed by atoms with Gasteiger partial charge in [0.05, 0.1) is 0 Å². The van der Waals surface area contributed by atoms with Gasteiger partial charge < -0.3 is 5.32 Å². The van der Waals surface area contributed by atoms with Crippen LogP contribution in [0.5, 0.6) is 0 Å². The number of hydrogen-bond donors (Lipinski definition) is 1. The van der Waals surface area contributed by atoms with E-state index < -0.39 is 0 Å². The third kappa shape index (κ3) is 2.30. The first-order valence-electron chi connectivity index (χ1n) is 4.02. The van der Waals surface area contributed by atoms with Crippen molar-refractivity contribution >= 4 is 0 Å². The number of allylic oxidation sites excluding steroid dienone is 5. The Kier molecular flexibility index (Phi) is 3.18. The van der Waals surface area contributed by atoms with Crippen LogP contribution in [-0.2, 0) is 0 Å². The van der Waals surface area contributed by atoms with Gasteiger partial charge in [0.2, 0.25) is 0 Å². The fourth-order valence-electron chi connectivity index (χ4n) is 0.925. The standard InChI is InChI=1S/C11H13N/c1-3-4-7-10(2)11-8-5-6-9-12-11/h3,5-9,12H,1-2H3/b11-10-. The summed E-state index contributed by atoms with van der Waals surface area (Å²) < 4.78 is 0. The summed E-state index contributed by atoms with van der Waals surface area (Å²) >= 11 is 0. The van der Waals surface area contributed by atoms with E-state index in [0.717, 1.165) is 5.70 Å². The molecule has 0 aromatic heterocycles. The minimum absolute atomic E-state index is 1.13. The van der Waals surface area contributed by atoms with Crippen molar-refractivity contribution in [2.24, 2.45) is 0 Å². The second-order valence-corrected chi connectivity index (χ2v) is 2.56. The highest BCUT2D eigenvalue weighted by Crippen LogP contribution is 2.06. The van der Waals surface area contributed by atoms with Gasteiger partial charge in [-0.15, -0.1) is 5.73 Å². The Morgan fingerprint density at radius 1 is 1.50 bits per heavy atom. The van der Waals surface area contributed by atoms with Crippen LogP contribution in [0.3, 0.4) is 0 Å². The van der Waals surface area contributed by atoms with Crippen molar-refractivity contribution in [3.63, 3.8) is 0 Å². The highest BCUT2D eigenvalue weighted by Gasteiger charge is 1.94. The molecule has 0 aromatic carbocycles. The van der Waals surface area contributed by atoms with E-state index in [-0.39, 0.29) is 0 Å². The summed E-state index contributed by atoms with van der Waals surface area (Å²) in [6.45, 7) is 4.01. The van der Waals surface area contributed by atoms with Gasteiger partial charge in [-0.2, -0.15) is 0 Å². The molecule has 0 spiro atoms. The Morgan fingerprint density at radius 2 is 2.33 bits per heavy atom. The monoisotopic (exact) mass is 159 g/mol. The summed E-state index contributed by atoms with van der Waals surface area (Å²) in [4.78, 5) is 0. The van der Waals surface area contributed by atoms with E-state index in [1.807, 2.05) is 43.5 Å². The van der Waals surface area contributed by atoms with E-state index in [1.54, 1.807) is 0 Å². The Morgan fingerprint density at radius 3 is 2.92 bits per heavy atom. The second-order valence-electron chi connectivity index (χ2n) is 2.56. The van der Waals surface area contributed by atoms with Gasteiger partial charge in [-0.25, -0.2) is 0 Å². The molecule has 12 heavy (non-hydrogen) atoms. The molecule has 0 unspecified atom stereocenters. The number of dihydropyridines is 1. The van der Waals surface area contributed by atoms with Crippen molar-refractivity contribution < 1.29 is 0 Å². The summed E-state index contributed by atoms with van der Waals surface area (Å²) in [5.74, 6) is 0. The van der Waals surface area contributed by atoms with Crippen LogP contribution in [0, 0.1) is 0 Å². The van der Waals surface area contributed by atoms with Crippen LogP contribution in [0.4, 0.5) is 0 Å². The lowest BCUT2D eigenvalue weighted by Gasteiger charge is -2.06. The molecule has 0 bridgehead atoms. The van der Waals surface area contributed by atoms with Gasteiger partial charge in [0, 0.05) is 11.9 Å². The molecule has 1 aliphatic heterocycles. The van der Waals surface area contributed by atoms with Crippen LogP contribution in [0.15, 0.2) is 53.6 Å². The molecule has 0 atom stereocenters. The lowest BCUT2D eigenvalue weighted by Crippen LogP contribution is -2.06. The van der Waals surface area contributed by atoms with Gasteiger partial charge in [-0.05, 0) is 43.7 Å². The van der Waals surface area contributed by atoms with E-state index in [1.165, 1.54) is 5.57 Å². The minimum atomic E-state index is 1.13. The minimum Gasteiger partial charge on any atom is -0.361 e. The number of rotatable bonds is 1. The van der Waals surface area contributed by atoms with E-state index in [2.05, 4.69) is 18.0 Å². The van der Waals surface area contributed by atoms with E-state index in [9.17, 15) is 0 Å². The smallest absolute Gasteiger partial charge is 0.0415 e. The molecule has 0 amide bonds. The molecule has 1 aliphatic rings. The second kappa shape index (κ2) is 4.42. The molecule has 1 heterocycles. The molecule has 0 radical (unpaired) electrons. The van der Waals surface area contributed by atoms with Crippen LogP contribution < -0.4 is 5.32 Å². The van der Waals surface area contributed by atoms with Crippen LogP contribution in [0.1, 0.15) is 13.8 Å². The lowest BCUT2D eigenvalue weighted by atomic mass is 10.2. The first-order valence-corrected chi connectivity index (χ1v) is 4.02. The highest BCUT2D eigenvalue weighted by atomic mass is 14.8.